The Morgan fingerprint density at radius 1 is 0.971 bits per heavy atom. The van der Waals surface area contributed by atoms with Gasteiger partial charge in [-0.05, 0) is 36.6 Å². The number of sulfonamides is 1. The van der Waals surface area contributed by atoms with Crippen LogP contribution < -0.4 is 10.0 Å². The number of amides is 1. The van der Waals surface area contributed by atoms with Crippen LogP contribution in [-0.2, 0) is 21.4 Å². The van der Waals surface area contributed by atoms with Gasteiger partial charge in [0, 0.05) is 39.3 Å². The highest BCUT2D eigenvalue weighted by Gasteiger charge is 2.29. The lowest BCUT2D eigenvalue weighted by Gasteiger charge is -2.34. The molecule has 3 rings (SSSR count). The topological polar surface area (TPSA) is 81.7 Å². The van der Waals surface area contributed by atoms with E-state index >= 15 is 0 Å². The minimum absolute atomic E-state index is 0.292. The minimum Gasteiger partial charge on any atom is -0.355 e. The standard InChI is InChI=1S/C25H35FN4O3S/c1-20(2)24(28-34(32,33)23-12-7-6-11-22(23)26)25(31)27-13-8-14-29-15-17-30(18-16-29)19-21-9-4-3-5-10-21/h3-7,9-12,20,24,28H,8,13-19H2,1-2H3,(H,27,31)/t24-/m0/s1. The first-order valence-corrected chi connectivity index (χ1v) is 13.3. The Morgan fingerprint density at radius 3 is 2.24 bits per heavy atom. The predicted octanol–water partition coefficient (Wildman–Crippen LogP) is 2.45. The third kappa shape index (κ3) is 7.59. The fraction of sp³-hybridized carbons (Fsp3) is 0.480. The van der Waals surface area contributed by atoms with E-state index in [9.17, 15) is 17.6 Å². The zero-order valence-electron chi connectivity index (χ0n) is 19.9. The summed E-state index contributed by atoms with van der Waals surface area (Å²) in [5.41, 5.74) is 1.32. The summed E-state index contributed by atoms with van der Waals surface area (Å²) in [6.07, 6.45) is 0.773. The van der Waals surface area contributed by atoms with Crippen LogP contribution in [-0.4, -0.2) is 69.4 Å². The van der Waals surface area contributed by atoms with E-state index in [2.05, 4.69) is 44.1 Å². The first-order chi connectivity index (χ1) is 16.3. The van der Waals surface area contributed by atoms with Crippen molar-refractivity contribution in [2.75, 3.05) is 39.3 Å². The van der Waals surface area contributed by atoms with Gasteiger partial charge < -0.3 is 10.2 Å². The lowest BCUT2D eigenvalue weighted by atomic mass is 10.1. The van der Waals surface area contributed by atoms with Crippen LogP contribution >= 0.6 is 0 Å². The van der Waals surface area contributed by atoms with Crippen LogP contribution in [0.4, 0.5) is 4.39 Å². The second-order valence-electron chi connectivity index (χ2n) is 9.02. The first kappa shape index (κ1) is 26.3. The molecule has 2 aromatic rings. The number of hydrogen-bond acceptors (Lipinski definition) is 5. The molecule has 2 aromatic carbocycles. The Kier molecular flexibility index (Phi) is 9.58. The molecule has 0 aliphatic carbocycles. The summed E-state index contributed by atoms with van der Waals surface area (Å²) in [6, 6.07) is 14.6. The van der Waals surface area contributed by atoms with Crippen molar-refractivity contribution in [3.05, 3.63) is 66.0 Å². The number of piperazine rings is 1. The monoisotopic (exact) mass is 490 g/mol. The maximum absolute atomic E-state index is 14.0. The molecule has 0 unspecified atom stereocenters. The predicted molar refractivity (Wildman–Crippen MR) is 131 cm³/mol. The average molecular weight is 491 g/mol. The molecule has 1 amide bonds. The molecular weight excluding hydrogens is 455 g/mol. The van der Waals surface area contributed by atoms with Crippen LogP contribution in [0.1, 0.15) is 25.8 Å². The number of halogens is 1. The van der Waals surface area contributed by atoms with E-state index in [-0.39, 0.29) is 5.92 Å². The van der Waals surface area contributed by atoms with Gasteiger partial charge in [-0.25, -0.2) is 12.8 Å². The van der Waals surface area contributed by atoms with Crippen molar-refractivity contribution < 1.29 is 17.6 Å². The molecule has 0 saturated carbocycles. The second-order valence-corrected chi connectivity index (χ2v) is 10.7. The zero-order chi connectivity index (χ0) is 24.6. The Bertz CT molecular complexity index is 1030. The summed E-state index contributed by atoms with van der Waals surface area (Å²) in [6.45, 7) is 9.77. The maximum Gasteiger partial charge on any atom is 0.244 e. The largest absolute Gasteiger partial charge is 0.355 e. The molecule has 0 bridgehead atoms. The Labute approximate surface area is 202 Å². The van der Waals surface area contributed by atoms with E-state index in [0.29, 0.717) is 6.54 Å². The van der Waals surface area contributed by atoms with E-state index in [1.165, 1.54) is 23.8 Å². The van der Waals surface area contributed by atoms with Crippen LogP contribution in [0.2, 0.25) is 0 Å². The molecular formula is C25H35FN4O3S. The molecule has 1 aliphatic rings. The van der Waals surface area contributed by atoms with Crippen molar-refractivity contribution in [1.29, 1.82) is 0 Å². The molecule has 1 heterocycles. The summed E-state index contributed by atoms with van der Waals surface area (Å²) in [5, 5.41) is 2.84. The molecule has 1 fully saturated rings. The summed E-state index contributed by atoms with van der Waals surface area (Å²) in [7, 11) is -4.15. The Morgan fingerprint density at radius 2 is 1.59 bits per heavy atom. The number of rotatable bonds is 11. The normalized spacial score (nSPS) is 16.5. The number of nitrogens with zero attached hydrogens (tertiary/aromatic N) is 2. The lowest BCUT2D eigenvalue weighted by Crippen LogP contribution is -2.50. The Hall–Kier alpha value is -2.33. The molecule has 0 radical (unpaired) electrons. The maximum atomic E-state index is 14.0. The van der Waals surface area contributed by atoms with Gasteiger partial charge in [-0.1, -0.05) is 56.3 Å². The van der Waals surface area contributed by atoms with Crippen molar-refractivity contribution in [2.24, 2.45) is 5.92 Å². The summed E-state index contributed by atoms with van der Waals surface area (Å²) in [5.74, 6) is -1.54. The zero-order valence-corrected chi connectivity index (χ0v) is 20.7. The number of carbonyl (C=O) groups is 1. The molecule has 1 saturated heterocycles. The van der Waals surface area contributed by atoms with Crippen LogP contribution in [0, 0.1) is 11.7 Å². The molecule has 2 N–H and O–H groups in total. The highest BCUT2D eigenvalue weighted by molar-refractivity contribution is 7.89. The molecule has 34 heavy (non-hydrogen) atoms. The van der Waals surface area contributed by atoms with E-state index in [1.807, 2.05) is 6.07 Å². The van der Waals surface area contributed by atoms with Gasteiger partial charge in [-0.3, -0.25) is 9.69 Å². The fourth-order valence-corrected chi connectivity index (χ4v) is 5.45. The molecule has 1 atom stereocenters. The Balaban J connectivity index is 1.40. The lowest BCUT2D eigenvalue weighted by molar-refractivity contribution is -0.123. The van der Waals surface area contributed by atoms with Crippen molar-refractivity contribution in [1.82, 2.24) is 19.8 Å². The van der Waals surface area contributed by atoms with Crippen molar-refractivity contribution in [3.8, 4) is 0 Å². The number of benzene rings is 2. The number of nitrogens with one attached hydrogen (secondary N) is 2. The number of hydrogen-bond donors (Lipinski definition) is 2. The van der Waals surface area contributed by atoms with Crippen LogP contribution in [0.3, 0.4) is 0 Å². The van der Waals surface area contributed by atoms with Gasteiger partial charge in [0.2, 0.25) is 15.9 Å². The quantitative estimate of drug-likeness (QED) is 0.473. The fourth-order valence-electron chi connectivity index (χ4n) is 4.02. The molecule has 1 aliphatic heterocycles. The highest BCUT2D eigenvalue weighted by Crippen LogP contribution is 2.15. The van der Waals surface area contributed by atoms with E-state index in [1.54, 1.807) is 13.8 Å². The van der Waals surface area contributed by atoms with Crippen molar-refractivity contribution in [2.45, 2.75) is 37.8 Å². The second kappa shape index (κ2) is 12.4. The van der Waals surface area contributed by atoms with Gasteiger partial charge in [0.1, 0.15) is 16.8 Å². The molecule has 7 nitrogen and oxygen atoms in total. The van der Waals surface area contributed by atoms with Crippen molar-refractivity contribution in [3.63, 3.8) is 0 Å². The number of carbonyl (C=O) groups excluding carboxylic acids is 1. The van der Waals surface area contributed by atoms with Crippen LogP contribution in [0.5, 0.6) is 0 Å². The first-order valence-electron chi connectivity index (χ1n) is 11.8. The van der Waals surface area contributed by atoms with Gasteiger partial charge in [0.05, 0.1) is 0 Å². The molecule has 9 heteroatoms. The minimum atomic E-state index is -4.15. The molecule has 0 aromatic heterocycles. The summed E-state index contributed by atoms with van der Waals surface area (Å²) in [4.78, 5) is 17.1. The van der Waals surface area contributed by atoms with Crippen molar-refractivity contribution >= 4 is 15.9 Å². The third-order valence-corrected chi connectivity index (χ3v) is 7.50. The molecule has 186 valence electrons. The average Bonchev–Trinajstić information content (AvgIpc) is 2.82. The van der Waals surface area contributed by atoms with E-state index in [0.717, 1.165) is 51.8 Å². The van der Waals surface area contributed by atoms with E-state index < -0.39 is 32.7 Å². The third-order valence-electron chi connectivity index (χ3n) is 6.02. The van der Waals surface area contributed by atoms with Gasteiger partial charge in [0.15, 0.2) is 0 Å². The van der Waals surface area contributed by atoms with Gasteiger partial charge in [-0.2, -0.15) is 4.72 Å². The van der Waals surface area contributed by atoms with Gasteiger partial charge in [-0.15, -0.1) is 0 Å². The SMILES string of the molecule is CC(C)[C@H](NS(=O)(=O)c1ccccc1F)C(=O)NCCCN1CCN(Cc2ccccc2)CC1. The summed E-state index contributed by atoms with van der Waals surface area (Å²) >= 11 is 0. The molecule has 0 spiro atoms. The van der Waals surface area contributed by atoms with Gasteiger partial charge in [0.25, 0.3) is 0 Å². The van der Waals surface area contributed by atoms with Crippen LogP contribution in [0.25, 0.3) is 0 Å². The smallest absolute Gasteiger partial charge is 0.244 e. The highest BCUT2D eigenvalue weighted by atomic mass is 32.2. The summed E-state index contributed by atoms with van der Waals surface area (Å²) < 4.78 is 41.6. The van der Waals surface area contributed by atoms with E-state index in [4.69, 9.17) is 0 Å². The van der Waals surface area contributed by atoms with Gasteiger partial charge >= 0.3 is 0 Å². The van der Waals surface area contributed by atoms with Crippen LogP contribution in [0.15, 0.2) is 59.5 Å².